The molecule has 0 aliphatic heterocycles. The first-order chi connectivity index (χ1) is 8.47. The summed E-state index contributed by atoms with van der Waals surface area (Å²) in [5, 5.41) is 12.0. The number of rotatable bonds is 5. The van der Waals surface area contributed by atoms with Crippen LogP contribution >= 0.6 is 0 Å². The molecule has 1 unspecified atom stereocenters. The Morgan fingerprint density at radius 1 is 1.50 bits per heavy atom. The van der Waals surface area contributed by atoms with E-state index in [9.17, 15) is 4.79 Å². The molecule has 1 amide bonds. The van der Waals surface area contributed by atoms with E-state index in [1.807, 2.05) is 0 Å². The van der Waals surface area contributed by atoms with Gasteiger partial charge in [0.15, 0.2) is 5.84 Å². The van der Waals surface area contributed by atoms with Crippen molar-refractivity contribution in [1.82, 2.24) is 4.90 Å². The highest BCUT2D eigenvalue weighted by atomic mass is 16.4. The normalized spacial score (nSPS) is 20.7. The molecular formula is C13H25N3O2. The van der Waals surface area contributed by atoms with Crippen LogP contribution in [0.3, 0.4) is 0 Å². The van der Waals surface area contributed by atoms with Crippen molar-refractivity contribution >= 4 is 11.7 Å². The van der Waals surface area contributed by atoms with E-state index < -0.39 is 5.41 Å². The Morgan fingerprint density at radius 3 is 2.50 bits per heavy atom. The number of carbonyl (C=O) groups excluding carboxylic acids is 1. The molecule has 0 bridgehead atoms. The number of amides is 1. The molecular weight excluding hydrogens is 230 g/mol. The van der Waals surface area contributed by atoms with Gasteiger partial charge in [-0.3, -0.25) is 4.79 Å². The Kier molecular flexibility index (Phi) is 4.99. The van der Waals surface area contributed by atoms with Crippen LogP contribution in [0.15, 0.2) is 5.16 Å². The summed E-state index contributed by atoms with van der Waals surface area (Å²) in [6.45, 7) is 4.95. The van der Waals surface area contributed by atoms with Crippen molar-refractivity contribution in [3.05, 3.63) is 0 Å². The largest absolute Gasteiger partial charge is 0.409 e. The van der Waals surface area contributed by atoms with Gasteiger partial charge in [-0.05, 0) is 18.8 Å². The first-order valence-electron chi connectivity index (χ1n) is 6.71. The first-order valence-corrected chi connectivity index (χ1v) is 6.71. The molecule has 5 nitrogen and oxygen atoms in total. The van der Waals surface area contributed by atoms with Crippen molar-refractivity contribution in [1.29, 1.82) is 0 Å². The van der Waals surface area contributed by atoms with Gasteiger partial charge in [0.2, 0.25) is 5.91 Å². The number of oxime groups is 1. The van der Waals surface area contributed by atoms with Crippen molar-refractivity contribution in [2.24, 2.45) is 22.2 Å². The van der Waals surface area contributed by atoms with E-state index in [4.69, 9.17) is 10.9 Å². The maximum absolute atomic E-state index is 12.6. The molecule has 5 heteroatoms. The van der Waals surface area contributed by atoms with Crippen LogP contribution < -0.4 is 5.73 Å². The van der Waals surface area contributed by atoms with Crippen LogP contribution in [-0.4, -0.2) is 35.4 Å². The molecule has 1 atom stereocenters. The highest BCUT2D eigenvalue weighted by Gasteiger charge is 2.46. The van der Waals surface area contributed by atoms with E-state index in [0.717, 1.165) is 25.8 Å². The summed E-state index contributed by atoms with van der Waals surface area (Å²) < 4.78 is 0. The summed E-state index contributed by atoms with van der Waals surface area (Å²) in [4.78, 5) is 14.3. The van der Waals surface area contributed by atoms with Crippen LogP contribution in [0.5, 0.6) is 0 Å². The second kappa shape index (κ2) is 6.07. The molecule has 0 heterocycles. The van der Waals surface area contributed by atoms with Gasteiger partial charge in [0, 0.05) is 13.6 Å². The van der Waals surface area contributed by atoms with E-state index in [1.165, 1.54) is 0 Å². The van der Waals surface area contributed by atoms with E-state index in [0.29, 0.717) is 18.8 Å². The smallest absolute Gasteiger partial charge is 0.236 e. The SMILES string of the molecule is CCC(C)CN(C)C(=O)C1(/C(N)=N/O)CCCC1. The lowest BCUT2D eigenvalue weighted by atomic mass is 9.83. The van der Waals surface area contributed by atoms with Crippen molar-refractivity contribution in [3.63, 3.8) is 0 Å². The van der Waals surface area contributed by atoms with Crippen molar-refractivity contribution < 1.29 is 10.0 Å². The average molecular weight is 255 g/mol. The third-order valence-electron chi connectivity index (χ3n) is 4.09. The third kappa shape index (κ3) is 2.76. The van der Waals surface area contributed by atoms with Crippen molar-refractivity contribution in [2.45, 2.75) is 46.0 Å². The minimum Gasteiger partial charge on any atom is -0.409 e. The molecule has 0 radical (unpaired) electrons. The molecule has 3 N–H and O–H groups in total. The number of hydrogen-bond acceptors (Lipinski definition) is 3. The maximum Gasteiger partial charge on any atom is 0.236 e. The number of nitrogens with zero attached hydrogens (tertiary/aromatic N) is 2. The molecule has 18 heavy (non-hydrogen) atoms. The lowest BCUT2D eigenvalue weighted by molar-refractivity contribution is -0.137. The van der Waals surface area contributed by atoms with Crippen LogP contribution in [0.4, 0.5) is 0 Å². The van der Waals surface area contributed by atoms with Crippen LogP contribution in [0.25, 0.3) is 0 Å². The molecule has 1 aliphatic carbocycles. The number of amidine groups is 1. The second-order valence-electron chi connectivity index (χ2n) is 5.47. The molecule has 0 spiro atoms. The highest BCUT2D eigenvalue weighted by Crippen LogP contribution is 2.40. The standard InChI is InChI=1S/C13H25N3O2/c1-4-10(2)9-16(3)12(17)13(11(14)15-18)7-5-6-8-13/h10,18H,4-9H2,1-3H3,(H2,14,15). The van der Waals surface area contributed by atoms with E-state index in [2.05, 4.69) is 19.0 Å². The summed E-state index contributed by atoms with van der Waals surface area (Å²) in [5.41, 5.74) is 5.00. The molecule has 1 rings (SSSR count). The van der Waals surface area contributed by atoms with Gasteiger partial charge in [-0.1, -0.05) is 38.3 Å². The Labute approximate surface area is 109 Å². The fourth-order valence-corrected chi connectivity index (χ4v) is 2.70. The summed E-state index contributed by atoms with van der Waals surface area (Å²) >= 11 is 0. The van der Waals surface area contributed by atoms with Gasteiger partial charge >= 0.3 is 0 Å². The summed E-state index contributed by atoms with van der Waals surface area (Å²) in [6, 6.07) is 0. The molecule has 1 fully saturated rings. The summed E-state index contributed by atoms with van der Waals surface area (Å²) in [6.07, 6.45) is 4.32. The van der Waals surface area contributed by atoms with Crippen LogP contribution in [0.2, 0.25) is 0 Å². The molecule has 0 aromatic rings. The molecule has 1 saturated carbocycles. The Hall–Kier alpha value is -1.26. The Balaban J connectivity index is 2.84. The predicted molar refractivity (Wildman–Crippen MR) is 71.4 cm³/mol. The molecule has 104 valence electrons. The van der Waals surface area contributed by atoms with Gasteiger partial charge in [-0.15, -0.1) is 0 Å². The zero-order valence-corrected chi connectivity index (χ0v) is 11.6. The lowest BCUT2D eigenvalue weighted by Crippen LogP contribution is -2.49. The minimum absolute atomic E-state index is 0.00407. The summed E-state index contributed by atoms with van der Waals surface area (Å²) in [7, 11) is 1.80. The first kappa shape index (κ1) is 14.8. The zero-order chi connectivity index (χ0) is 13.8. The van der Waals surface area contributed by atoms with Gasteiger partial charge in [0.05, 0.1) is 0 Å². The third-order valence-corrected chi connectivity index (χ3v) is 4.09. The quantitative estimate of drug-likeness (QED) is 0.340. The van der Waals surface area contributed by atoms with Crippen LogP contribution in [0, 0.1) is 11.3 Å². The zero-order valence-electron chi connectivity index (χ0n) is 11.6. The van der Waals surface area contributed by atoms with Gasteiger partial charge in [0.1, 0.15) is 5.41 Å². The highest BCUT2D eigenvalue weighted by molar-refractivity contribution is 6.06. The molecule has 1 aliphatic rings. The van der Waals surface area contributed by atoms with Crippen molar-refractivity contribution in [3.8, 4) is 0 Å². The number of nitrogens with two attached hydrogens (primary N) is 1. The monoisotopic (exact) mass is 255 g/mol. The van der Waals surface area contributed by atoms with Crippen molar-refractivity contribution in [2.75, 3.05) is 13.6 Å². The van der Waals surface area contributed by atoms with E-state index in [1.54, 1.807) is 11.9 Å². The van der Waals surface area contributed by atoms with Gasteiger partial charge in [0.25, 0.3) is 0 Å². The summed E-state index contributed by atoms with van der Waals surface area (Å²) in [5.74, 6) is 0.529. The topological polar surface area (TPSA) is 78.9 Å². The van der Waals surface area contributed by atoms with Gasteiger partial charge < -0.3 is 15.8 Å². The predicted octanol–water partition coefficient (Wildman–Crippen LogP) is 1.80. The second-order valence-corrected chi connectivity index (χ2v) is 5.47. The number of carbonyl (C=O) groups is 1. The van der Waals surface area contributed by atoms with E-state index >= 15 is 0 Å². The van der Waals surface area contributed by atoms with Gasteiger partial charge in [-0.25, -0.2) is 0 Å². The lowest BCUT2D eigenvalue weighted by Gasteiger charge is -2.32. The fourth-order valence-electron chi connectivity index (χ4n) is 2.70. The maximum atomic E-state index is 12.6. The average Bonchev–Trinajstić information content (AvgIpc) is 2.87. The van der Waals surface area contributed by atoms with Gasteiger partial charge in [-0.2, -0.15) is 0 Å². The Bertz CT molecular complexity index is 322. The number of hydrogen-bond donors (Lipinski definition) is 2. The molecule has 0 saturated heterocycles. The van der Waals surface area contributed by atoms with E-state index in [-0.39, 0.29) is 11.7 Å². The molecule has 0 aromatic carbocycles. The van der Waals surface area contributed by atoms with Crippen LogP contribution in [-0.2, 0) is 4.79 Å². The molecule has 0 aromatic heterocycles. The van der Waals surface area contributed by atoms with Crippen LogP contribution in [0.1, 0.15) is 46.0 Å². The fraction of sp³-hybridized carbons (Fsp3) is 0.846. The Morgan fingerprint density at radius 2 is 2.06 bits per heavy atom. The minimum atomic E-state index is -0.767.